The van der Waals surface area contributed by atoms with Crippen molar-refractivity contribution in [3.8, 4) is 5.75 Å². The molecule has 0 spiro atoms. The Hall–Kier alpha value is -1.38. The van der Waals surface area contributed by atoms with Crippen molar-refractivity contribution in [2.45, 2.75) is 0 Å². The van der Waals surface area contributed by atoms with Crippen LogP contribution in [0.5, 0.6) is 5.75 Å². The zero-order chi connectivity index (χ0) is 17.5. The largest absolute Gasteiger partial charge is 0.495 e. The molecule has 0 unspecified atom stereocenters. The number of nitrogens with zero attached hydrogens (tertiary/aromatic N) is 1. The predicted octanol–water partition coefficient (Wildman–Crippen LogP) is 4.54. The quantitative estimate of drug-likeness (QED) is 0.435. The number of carbonyl (C=O) groups is 1. The molecule has 0 saturated carbocycles. The van der Waals surface area contributed by atoms with Gasteiger partial charge in [-0.15, -0.1) is 0 Å². The maximum absolute atomic E-state index is 11.8. The molecule has 0 bridgehead atoms. The van der Waals surface area contributed by atoms with E-state index in [0.717, 1.165) is 24.7 Å². The van der Waals surface area contributed by atoms with E-state index in [1.807, 2.05) is 36.4 Å². The van der Waals surface area contributed by atoms with Crippen LogP contribution in [0.1, 0.15) is 5.56 Å². The molecule has 2 N–H and O–H groups in total. The van der Waals surface area contributed by atoms with Crippen molar-refractivity contribution < 1.29 is 9.53 Å². The molecule has 8 heteroatoms. The summed E-state index contributed by atoms with van der Waals surface area (Å²) in [5.41, 5.74) is 4.06. The van der Waals surface area contributed by atoms with Gasteiger partial charge >= 0.3 is 0 Å². The summed E-state index contributed by atoms with van der Waals surface area (Å²) in [6.45, 7) is 0.118. The van der Waals surface area contributed by atoms with Crippen LogP contribution in [0, 0.1) is 0 Å². The van der Waals surface area contributed by atoms with E-state index in [4.69, 9.17) is 4.74 Å². The molecule has 1 amide bonds. The molecule has 0 aliphatic rings. The first-order valence-electron chi connectivity index (χ1n) is 6.84. The fourth-order valence-corrected chi connectivity index (χ4v) is 3.71. The smallest absolute Gasteiger partial charge is 0.259 e. The SMILES string of the molecule is COc1c(Br)cc(Br)cc1/C=N/NC(=O)CNc1cccc(Br)c1. The highest BCUT2D eigenvalue weighted by Gasteiger charge is 2.07. The van der Waals surface area contributed by atoms with Crippen LogP contribution in [0.4, 0.5) is 5.69 Å². The van der Waals surface area contributed by atoms with Crippen molar-refractivity contribution in [1.29, 1.82) is 0 Å². The topological polar surface area (TPSA) is 62.7 Å². The Labute approximate surface area is 165 Å². The van der Waals surface area contributed by atoms with Crippen LogP contribution in [-0.4, -0.2) is 25.8 Å². The van der Waals surface area contributed by atoms with Crippen molar-refractivity contribution in [2.75, 3.05) is 19.0 Å². The third kappa shape index (κ3) is 5.61. The van der Waals surface area contributed by atoms with Crippen LogP contribution in [0.15, 0.2) is 54.9 Å². The van der Waals surface area contributed by atoms with E-state index in [1.54, 1.807) is 7.11 Å². The number of amides is 1. The van der Waals surface area contributed by atoms with Gasteiger partial charge < -0.3 is 10.1 Å². The molecule has 2 aromatic rings. The third-order valence-electron chi connectivity index (χ3n) is 2.91. The summed E-state index contributed by atoms with van der Waals surface area (Å²) in [5, 5.41) is 6.99. The average Bonchev–Trinajstić information content (AvgIpc) is 2.53. The second-order valence-corrected chi connectivity index (χ2v) is 7.35. The first-order chi connectivity index (χ1) is 11.5. The van der Waals surface area contributed by atoms with Crippen molar-refractivity contribution in [3.05, 3.63) is 55.4 Å². The van der Waals surface area contributed by atoms with Gasteiger partial charge in [-0.25, -0.2) is 5.43 Å². The Bertz CT molecular complexity index is 766. The third-order valence-corrected chi connectivity index (χ3v) is 4.45. The highest BCUT2D eigenvalue weighted by atomic mass is 79.9. The maximum Gasteiger partial charge on any atom is 0.259 e. The zero-order valence-corrected chi connectivity index (χ0v) is 17.4. The summed E-state index contributed by atoms with van der Waals surface area (Å²) < 4.78 is 7.93. The van der Waals surface area contributed by atoms with E-state index >= 15 is 0 Å². The molecule has 0 aliphatic heterocycles. The Morgan fingerprint density at radius 2 is 2.00 bits per heavy atom. The molecule has 24 heavy (non-hydrogen) atoms. The molecular weight excluding hydrogens is 506 g/mol. The van der Waals surface area contributed by atoms with Gasteiger partial charge in [-0.2, -0.15) is 5.10 Å². The van der Waals surface area contributed by atoms with Crippen LogP contribution >= 0.6 is 47.8 Å². The number of hydrazone groups is 1. The lowest BCUT2D eigenvalue weighted by molar-refractivity contribution is -0.119. The van der Waals surface area contributed by atoms with Gasteiger partial charge in [0, 0.05) is 20.2 Å². The molecule has 0 saturated heterocycles. The number of rotatable bonds is 6. The van der Waals surface area contributed by atoms with Crippen molar-refractivity contribution in [2.24, 2.45) is 5.10 Å². The molecule has 0 fully saturated rings. The second-order valence-electron chi connectivity index (χ2n) is 4.67. The lowest BCUT2D eigenvalue weighted by atomic mass is 10.2. The van der Waals surface area contributed by atoms with Crippen LogP contribution in [-0.2, 0) is 4.79 Å². The molecule has 5 nitrogen and oxygen atoms in total. The Morgan fingerprint density at radius 1 is 1.21 bits per heavy atom. The standard InChI is InChI=1S/C16H14Br3N3O2/c1-24-16-10(5-12(18)7-14(16)19)8-21-22-15(23)9-20-13-4-2-3-11(17)6-13/h2-8,20H,9H2,1H3,(H,22,23)/b21-8+. The highest BCUT2D eigenvalue weighted by molar-refractivity contribution is 9.11. The maximum atomic E-state index is 11.8. The van der Waals surface area contributed by atoms with E-state index in [9.17, 15) is 4.79 Å². The summed E-state index contributed by atoms with van der Waals surface area (Å²) >= 11 is 10.2. The summed E-state index contributed by atoms with van der Waals surface area (Å²) in [6, 6.07) is 11.3. The average molecular weight is 520 g/mol. The Balaban J connectivity index is 1.93. The van der Waals surface area contributed by atoms with Gasteiger partial charge in [-0.1, -0.05) is 37.9 Å². The van der Waals surface area contributed by atoms with Gasteiger partial charge in [0.1, 0.15) is 5.75 Å². The van der Waals surface area contributed by atoms with E-state index in [1.165, 1.54) is 6.21 Å². The number of carbonyl (C=O) groups excluding carboxylic acids is 1. The number of anilines is 1. The summed E-state index contributed by atoms with van der Waals surface area (Å²) in [4.78, 5) is 11.8. The Kier molecular flexibility index (Phi) is 7.26. The molecule has 0 aliphatic carbocycles. The van der Waals surface area contributed by atoms with E-state index in [0.29, 0.717) is 5.75 Å². The number of nitrogens with one attached hydrogen (secondary N) is 2. The van der Waals surface area contributed by atoms with Gasteiger partial charge in [0.15, 0.2) is 0 Å². The number of ether oxygens (including phenoxy) is 1. The molecule has 2 aromatic carbocycles. The van der Waals surface area contributed by atoms with Crippen LogP contribution in [0.2, 0.25) is 0 Å². The van der Waals surface area contributed by atoms with Crippen LogP contribution < -0.4 is 15.5 Å². The molecule has 0 radical (unpaired) electrons. The van der Waals surface area contributed by atoms with Crippen LogP contribution in [0.25, 0.3) is 0 Å². The molecule has 0 aromatic heterocycles. The van der Waals surface area contributed by atoms with Crippen LogP contribution in [0.3, 0.4) is 0 Å². The molecule has 126 valence electrons. The van der Waals surface area contributed by atoms with E-state index in [-0.39, 0.29) is 12.5 Å². The van der Waals surface area contributed by atoms with Crippen molar-refractivity contribution in [1.82, 2.24) is 5.43 Å². The number of halogens is 3. The Morgan fingerprint density at radius 3 is 2.71 bits per heavy atom. The normalized spacial score (nSPS) is 10.7. The number of methoxy groups -OCH3 is 1. The molecule has 0 atom stereocenters. The lowest BCUT2D eigenvalue weighted by Crippen LogP contribution is -2.25. The van der Waals surface area contributed by atoms with E-state index in [2.05, 4.69) is 63.6 Å². The predicted molar refractivity (Wildman–Crippen MR) is 107 cm³/mol. The summed E-state index contributed by atoms with van der Waals surface area (Å²) in [7, 11) is 1.58. The minimum atomic E-state index is -0.251. The van der Waals surface area contributed by atoms with Gasteiger partial charge in [-0.3, -0.25) is 4.79 Å². The highest BCUT2D eigenvalue weighted by Crippen LogP contribution is 2.31. The van der Waals surface area contributed by atoms with Gasteiger partial charge in [0.2, 0.25) is 0 Å². The van der Waals surface area contributed by atoms with E-state index < -0.39 is 0 Å². The number of hydrogen-bond donors (Lipinski definition) is 2. The first-order valence-corrected chi connectivity index (χ1v) is 9.22. The van der Waals surface area contributed by atoms with Gasteiger partial charge in [-0.05, 0) is 46.3 Å². The molecular formula is C16H14Br3N3O2. The summed E-state index contributed by atoms with van der Waals surface area (Å²) in [6.07, 6.45) is 1.53. The first kappa shape index (κ1) is 19.0. The van der Waals surface area contributed by atoms with Gasteiger partial charge in [0.25, 0.3) is 5.91 Å². The second kappa shape index (κ2) is 9.19. The van der Waals surface area contributed by atoms with Gasteiger partial charge in [0.05, 0.1) is 24.3 Å². The molecule has 0 heterocycles. The minimum absolute atomic E-state index is 0.118. The minimum Gasteiger partial charge on any atom is -0.495 e. The van der Waals surface area contributed by atoms with Crippen molar-refractivity contribution in [3.63, 3.8) is 0 Å². The fourth-order valence-electron chi connectivity index (χ4n) is 1.89. The number of hydrogen-bond acceptors (Lipinski definition) is 4. The zero-order valence-electron chi connectivity index (χ0n) is 12.6. The number of benzene rings is 2. The van der Waals surface area contributed by atoms with Crippen molar-refractivity contribution >= 4 is 65.6 Å². The molecule has 2 rings (SSSR count). The monoisotopic (exact) mass is 517 g/mol. The lowest BCUT2D eigenvalue weighted by Gasteiger charge is -2.08. The fraction of sp³-hybridized carbons (Fsp3) is 0.125. The summed E-state index contributed by atoms with van der Waals surface area (Å²) in [5.74, 6) is 0.391.